The van der Waals surface area contributed by atoms with E-state index in [0.29, 0.717) is 6.54 Å². The lowest BCUT2D eigenvalue weighted by Crippen LogP contribution is -2.03. The Bertz CT molecular complexity index is 662. The molecule has 0 aliphatic heterocycles. The molecule has 0 saturated heterocycles. The van der Waals surface area contributed by atoms with Crippen molar-refractivity contribution in [1.82, 2.24) is 0 Å². The van der Waals surface area contributed by atoms with Crippen LogP contribution in [0.3, 0.4) is 0 Å². The van der Waals surface area contributed by atoms with E-state index >= 15 is 0 Å². The van der Waals surface area contributed by atoms with E-state index in [1.54, 1.807) is 0 Å². The molecule has 0 aliphatic rings. The second-order valence-corrected chi connectivity index (χ2v) is 5.22. The van der Waals surface area contributed by atoms with E-state index in [1.807, 2.05) is 25.1 Å². The number of halogens is 2. The molecule has 0 atom stereocenters. The molecule has 2 aromatic carbocycles. The standard InChI is InChI=1S/C14H12BrFN2O2/c1-9-2-3-10(12(15)6-9)8-17-14-5-4-11(18(19)20)7-13(14)16/h2-7,17H,8H2,1H3. The Kier molecular flexibility index (Phi) is 4.34. The summed E-state index contributed by atoms with van der Waals surface area (Å²) < 4.78 is 14.6. The van der Waals surface area contributed by atoms with Crippen molar-refractivity contribution >= 4 is 27.3 Å². The lowest BCUT2D eigenvalue weighted by atomic mass is 10.1. The minimum atomic E-state index is -0.637. The molecule has 0 heterocycles. The predicted octanol–water partition coefficient (Wildman–Crippen LogP) is 4.42. The fourth-order valence-electron chi connectivity index (χ4n) is 1.75. The Labute approximate surface area is 123 Å². The van der Waals surface area contributed by atoms with Crippen molar-refractivity contribution in [2.24, 2.45) is 0 Å². The number of nitro groups is 1. The number of non-ortho nitro benzene ring substituents is 1. The molecular formula is C14H12BrFN2O2. The fourth-order valence-corrected chi connectivity index (χ4v) is 2.38. The first-order valence-electron chi connectivity index (χ1n) is 5.90. The second-order valence-electron chi connectivity index (χ2n) is 4.37. The molecule has 2 aromatic rings. The van der Waals surface area contributed by atoms with Gasteiger partial charge in [0.15, 0.2) is 5.82 Å². The molecule has 2 rings (SSSR count). The van der Waals surface area contributed by atoms with Gasteiger partial charge in [0.25, 0.3) is 5.69 Å². The zero-order valence-electron chi connectivity index (χ0n) is 10.7. The van der Waals surface area contributed by atoms with E-state index < -0.39 is 10.7 Å². The van der Waals surface area contributed by atoms with E-state index in [1.165, 1.54) is 12.1 Å². The van der Waals surface area contributed by atoms with Crippen molar-refractivity contribution in [3.8, 4) is 0 Å². The zero-order valence-corrected chi connectivity index (χ0v) is 12.3. The molecular weight excluding hydrogens is 327 g/mol. The summed E-state index contributed by atoms with van der Waals surface area (Å²) in [6, 6.07) is 9.44. The van der Waals surface area contributed by atoms with Gasteiger partial charge in [-0.25, -0.2) is 4.39 Å². The highest BCUT2D eigenvalue weighted by molar-refractivity contribution is 9.10. The minimum Gasteiger partial charge on any atom is -0.379 e. The first-order valence-corrected chi connectivity index (χ1v) is 6.69. The van der Waals surface area contributed by atoms with Crippen LogP contribution in [-0.2, 0) is 6.54 Å². The van der Waals surface area contributed by atoms with Crippen molar-refractivity contribution in [1.29, 1.82) is 0 Å². The quantitative estimate of drug-likeness (QED) is 0.663. The molecule has 0 aromatic heterocycles. The maximum Gasteiger partial charge on any atom is 0.272 e. The SMILES string of the molecule is Cc1ccc(CNc2ccc([N+](=O)[O-])cc2F)c(Br)c1. The van der Waals surface area contributed by atoms with Crippen LogP contribution in [0.4, 0.5) is 15.8 Å². The van der Waals surface area contributed by atoms with Gasteiger partial charge in [-0.05, 0) is 30.2 Å². The number of hydrogen-bond acceptors (Lipinski definition) is 3. The first-order chi connectivity index (χ1) is 9.47. The number of aryl methyl sites for hydroxylation is 1. The highest BCUT2D eigenvalue weighted by Gasteiger charge is 2.10. The van der Waals surface area contributed by atoms with Gasteiger partial charge in [-0.3, -0.25) is 10.1 Å². The van der Waals surface area contributed by atoms with Gasteiger partial charge in [-0.2, -0.15) is 0 Å². The first kappa shape index (κ1) is 14.5. The smallest absolute Gasteiger partial charge is 0.272 e. The average Bonchev–Trinajstić information content (AvgIpc) is 2.38. The summed E-state index contributed by atoms with van der Waals surface area (Å²) in [5.74, 6) is -0.637. The van der Waals surface area contributed by atoms with Gasteiger partial charge < -0.3 is 5.32 Å². The van der Waals surface area contributed by atoms with E-state index in [9.17, 15) is 14.5 Å². The second kappa shape index (κ2) is 6.00. The van der Waals surface area contributed by atoms with Gasteiger partial charge in [0.2, 0.25) is 0 Å². The summed E-state index contributed by atoms with van der Waals surface area (Å²) in [4.78, 5) is 9.91. The van der Waals surface area contributed by atoms with Crippen molar-refractivity contribution in [3.05, 3.63) is 67.9 Å². The van der Waals surface area contributed by atoms with E-state index in [-0.39, 0.29) is 11.4 Å². The average molecular weight is 339 g/mol. The van der Waals surface area contributed by atoms with Crippen molar-refractivity contribution in [2.75, 3.05) is 5.32 Å². The number of nitrogens with zero attached hydrogens (tertiary/aromatic N) is 1. The van der Waals surface area contributed by atoms with Crippen molar-refractivity contribution in [2.45, 2.75) is 13.5 Å². The van der Waals surface area contributed by atoms with E-state index in [2.05, 4.69) is 21.2 Å². The number of hydrogen-bond donors (Lipinski definition) is 1. The molecule has 0 amide bonds. The zero-order chi connectivity index (χ0) is 14.7. The molecule has 104 valence electrons. The molecule has 0 aliphatic carbocycles. The third-order valence-electron chi connectivity index (χ3n) is 2.84. The largest absolute Gasteiger partial charge is 0.379 e. The fraction of sp³-hybridized carbons (Fsp3) is 0.143. The monoisotopic (exact) mass is 338 g/mol. The number of benzene rings is 2. The van der Waals surface area contributed by atoms with Gasteiger partial charge in [0.1, 0.15) is 0 Å². The highest BCUT2D eigenvalue weighted by atomic mass is 79.9. The highest BCUT2D eigenvalue weighted by Crippen LogP contribution is 2.23. The summed E-state index contributed by atoms with van der Waals surface area (Å²) in [5, 5.41) is 13.5. The lowest BCUT2D eigenvalue weighted by Gasteiger charge is -2.09. The van der Waals surface area contributed by atoms with Crippen molar-refractivity contribution in [3.63, 3.8) is 0 Å². The summed E-state index contributed by atoms with van der Waals surface area (Å²) in [5.41, 5.74) is 2.09. The van der Waals surface area contributed by atoms with Gasteiger partial charge in [-0.1, -0.05) is 28.1 Å². The van der Waals surface area contributed by atoms with Crippen LogP contribution >= 0.6 is 15.9 Å². The summed E-state index contributed by atoms with van der Waals surface area (Å²) >= 11 is 3.45. The molecule has 6 heteroatoms. The van der Waals surface area contributed by atoms with Gasteiger partial charge >= 0.3 is 0 Å². The molecule has 0 fully saturated rings. The van der Waals surface area contributed by atoms with Crippen LogP contribution < -0.4 is 5.32 Å². The third-order valence-corrected chi connectivity index (χ3v) is 3.58. The molecule has 4 nitrogen and oxygen atoms in total. The topological polar surface area (TPSA) is 55.2 Å². The predicted molar refractivity (Wildman–Crippen MR) is 79.3 cm³/mol. The van der Waals surface area contributed by atoms with Gasteiger partial charge in [0.05, 0.1) is 16.7 Å². The van der Waals surface area contributed by atoms with Crippen LogP contribution in [0.1, 0.15) is 11.1 Å². The molecule has 0 bridgehead atoms. The lowest BCUT2D eigenvalue weighted by molar-refractivity contribution is -0.385. The third kappa shape index (κ3) is 3.33. The van der Waals surface area contributed by atoms with Gasteiger partial charge in [-0.15, -0.1) is 0 Å². The molecule has 0 unspecified atom stereocenters. The van der Waals surface area contributed by atoms with Crippen LogP contribution in [0.25, 0.3) is 0 Å². The number of anilines is 1. The Morgan fingerprint density at radius 3 is 2.65 bits per heavy atom. The Balaban J connectivity index is 2.13. The number of nitro benzene ring substituents is 1. The molecule has 20 heavy (non-hydrogen) atoms. The maximum atomic E-state index is 13.7. The number of nitrogens with one attached hydrogen (secondary N) is 1. The van der Waals surface area contributed by atoms with Gasteiger partial charge in [0, 0.05) is 17.1 Å². The summed E-state index contributed by atoms with van der Waals surface area (Å²) in [6.45, 7) is 2.41. The van der Waals surface area contributed by atoms with Crippen LogP contribution in [0, 0.1) is 22.9 Å². The number of rotatable bonds is 4. The summed E-state index contributed by atoms with van der Waals surface area (Å²) in [6.07, 6.45) is 0. The molecule has 0 spiro atoms. The van der Waals surface area contributed by atoms with Crippen molar-refractivity contribution < 1.29 is 9.31 Å². The normalized spacial score (nSPS) is 10.3. The van der Waals surface area contributed by atoms with E-state index in [0.717, 1.165) is 21.7 Å². The molecule has 0 saturated carbocycles. The van der Waals surface area contributed by atoms with Crippen LogP contribution in [0.2, 0.25) is 0 Å². The summed E-state index contributed by atoms with van der Waals surface area (Å²) in [7, 11) is 0. The Morgan fingerprint density at radius 1 is 1.30 bits per heavy atom. The molecule has 0 radical (unpaired) electrons. The van der Waals surface area contributed by atoms with Crippen LogP contribution in [-0.4, -0.2) is 4.92 Å². The molecule has 1 N–H and O–H groups in total. The van der Waals surface area contributed by atoms with Crippen LogP contribution in [0.15, 0.2) is 40.9 Å². The Morgan fingerprint density at radius 2 is 2.05 bits per heavy atom. The minimum absolute atomic E-state index is 0.239. The Hall–Kier alpha value is -1.95. The maximum absolute atomic E-state index is 13.7. The van der Waals surface area contributed by atoms with E-state index in [4.69, 9.17) is 0 Å². The van der Waals surface area contributed by atoms with Crippen LogP contribution in [0.5, 0.6) is 0 Å².